The molecule has 0 bridgehead atoms. The van der Waals surface area contributed by atoms with Crippen LogP contribution in [-0.4, -0.2) is 73.1 Å². The largest absolute Gasteiger partial charge is 0.491 e. The van der Waals surface area contributed by atoms with Gasteiger partial charge in [-0.1, -0.05) is 43.5 Å². The molecule has 1 atom stereocenters. The lowest BCUT2D eigenvalue weighted by Crippen LogP contribution is -2.45. The van der Waals surface area contributed by atoms with Gasteiger partial charge in [-0.3, -0.25) is 9.69 Å². The Morgan fingerprint density at radius 1 is 1.14 bits per heavy atom. The number of carbonyl (C=O) groups excluding carboxylic acids is 1. The van der Waals surface area contributed by atoms with Crippen LogP contribution in [0.5, 0.6) is 5.75 Å². The summed E-state index contributed by atoms with van der Waals surface area (Å²) in [5, 5.41) is 3.17. The van der Waals surface area contributed by atoms with Crippen molar-refractivity contribution in [3.8, 4) is 17.0 Å². The lowest BCUT2D eigenvalue weighted by Gasteiger charge is -2.32. The highest BCUT2D eigenvalue weighted by Gasteiger charge is 2.21. The van der Waals surface area contributed by atoms with Crippen LogP contribution in [0.1, 0.15) is 44.6 Å². The number of halogens is 1. The van der Waals surface area contributed by atoms with Crippen LogP contribution in [0.25, 0.3) is 11.3 Å². The van der Waals surface area contributed by atoms with Crippen molar-refractivity contribution < 1.29 is 13.9 Å². The van der Waals surface area contributed by atoms with Crippen LogP contribution in [0.3, 0.4) is 0 Å². The Bertz CT molecular complexity index is 954. The van der Waals surface area contributed by atoms with Crippen LogP contribution in [0.2, 0.25) is 0 Å². The van der Waals surface area contributed by atoms with Crippen LogP contribution >= 0.6 is 0 Å². The molecule has 1 aromatic carbocycles. The summed E-state index contributed by atoms with van der Waals surface area (Å²) in [5.41, 5.74) is 1.89. The Balaban J connectivity index is 1.26. The van der Waals surface area contributed by atoms with Gasteiger partial charge in [-0.25, -0.2) is 9.37 Å². The molecule has 1 N–H and O–H groups in total. The monoisotopic (exact) mass is 482 g/mol. The van der Waals surface area contributed by atoms with E-state index in [0.717, 1.165) is 38.3 Å². The van der Waals surface area contributed by atoms with Gasteiger partial charge < -0.3 is 15.0 Å². The topological polar surface area (TPSA) is 57.7 Å². The number of rotatable bonds is 9. The van der Waals surface area contributed by atoms with Gasteiger partial charge in [0.05, 0.1) is 12.6 Å². The lowest BCUT2D eigenvalue weighted by atomic mass is 9.84. The fourth-order valence-electron chi connectivity index (χ4n) is 5.10. The summed E-state index contributed by atoms with van der Waals surface area (Å²) in [7, 11) is 2.13. The van der Waals surface area contributed by atoms with Crippen LogP contribution in [-0.2, 0) is 11.2 Å². The molecule has 35 heavy (non-hydrogen) atoms. The fraction of sp³-hybridized carbons (Fsp3) is 0.571. The van der Waals surface area contributed by atoms with E-state index in [1.165, 1.54) is 38.2 Å². The molecule has 2 heterocycles. The van der Waals surface area contributed by atoms with E-state index in [0.29, 0.717) is 36.0 Å². The zero-order valence-electron chi connectivity index (χ0n) is 21.1. The zero-order valence-corrected chi connectivity index (χ0v) is 21.1. The molecule has 2 fully saturated rings. The van der Waals surface area contributed by atoms with Gasteiger partial charge in [0.1, 0.15) is 18.1 Å². The van der Waals surface area contributed by atoms with Gasteiger partial charge in [-0.05, 0) is 38.3 Å². The van der Waals surface area contributed by atoms with Crippen molar-refractivity contribution in [2.45, 2.75) is 51.5 Å². The molecule has 6 nitrogen and oxygen atoms in total. The predicted molar refractivity (Wildman–Crippen MR) is 137 cm³/mol. The summed E-state index contributed by atoms with van der Waals surface area (Å²) in [6.07, 6.45) is 8.15. The Labute approximate surface area is 208 Å². The summed E-state index contributed by atoms with van der Waals surface area (Å²) in [5.74, 6) is 0.663. The Morgan fingerprint density at radius 3 is 2.54 bits per heavy atom. The highest BCUT2D eigenvalue weighted by Crippen LogP contribution is 2.27. The van der Waals surface area contributed by atoms with E-state index < -0.39 is 5.82 Å². The van der Waals surface area contributed by atoms with E-state index in [9.17, 15) is 9.18 Å². The first kappa shape index (κ1) is 25.6. The second-order valence-electron chi connectivity index (χ2n) is 10.1. The number of amides is 1. The SMILES string of the molecule is C[C@@H](NC(=O)Cc1ccc(-c2ncc(OCCN3CCN(C)CC3)cc2F)cc1)C1CCCCC1. The van der Waals surface area contributed by atoms with Gasteiger partial charge in [-0.15, -0.1) is 0 Å². The number of piperazine rings is 1. The number of benzene rings is 1. The molecule has 1 amide bonds. The Hall–Kier alpha value is -2.51. The molecule has 1 aliphatic heterocycles. The average Bonchev–Trinajstić information content (AvgIpc) is 2.86. The molecule has 1 aliphatic carbocycles. The molecular formula is C28H39FN4O2. The van der Waals surface area contributed by atoms with E-state index in [1.807, 2.05) is 24.3 Å². The molecule has 0 spiro atoms. The minimum Gasteiger partial charge on any atom is -0.491 e. The maximum absolute atomic E-state index is 14.8. The van der Waals surface area contributed by atoms with Crippen molar-refractivity contribution in [2.24, 2.45) is 5.92 Å². The number of ether oxygens (including phenoxy) is 1. The van der Waals surface area contributed by atoms with Crippen LogP contribution < -0.4 is 10.1 Å². The lowest BCUT2D eigenvalue weighted by molar-refractivity contribution is -0.121. The Kier molecular flexibility index (Phi) is 9.10. The summed E-state index contributed by atoms with van der Waals surface area (Å²) in [6.45, 7) is 7.64. The van der Waals surface area contributed by atoms with Crippen LogP contribution in [0.15, 0.2) is 36.5 Å². The van der Waals surface area contributed by atoms with Crippen molar-refractivity contribution in [3.05, 3.63) is 47.9 Å². The molecule has 0 radical (unpaired) electrons. The minimum atomic E-state index is -0.408. The van der Waals surface area contributed by atoms with Gasteiger partial charge in [0.25, 0.3) is 0 Å². The molecule has 4 rings (SSSR count). The molecule has 2 aliphatic rings. The third kappa shape index (κ3) is 7.48. The van der Waals surface area contributed by atoms with Crippen molar-refractivity contribution in [2.75, 3.05) is 46.4 Å². The van der Waals surface area contributed by atoms with E-state index in [1.54, 1.807) is 6.20 Å². The summed E-state index contributed by atoms with van der Waals surface area (Å²) in [4.78, 5) is 21.5. The highest BCUT2D eigenvalue weighted by atomic mass is 19.1. The highest BCUT2D eigenvalue weighted by molar-refractivity contribution is 5.79. The minimum absolute atomic E-state index is 0.0400. The number of nitrogens with zero attached hydrogens (tertiary/aromatic N) is 3. The molecule has 1 aromatic heterocycles. The first-order chi connectivity index (χ1) is 17.0. The molecule has 190 valence electrons. The maximum Gasteiger partial charge on any atom is 0.224 e. The molecule has 2 aromatic rings. The van der Waals surface area contributed by atoms with E-state index >= 15 is 0 Å². The zero-order chi connectivity index (χ0) is 24.6. The van der Waals surface area contributed by atoms with Crippen molar-refractivity contribution in [1.29, 1.82) is 0 Å². The summed E-state index contributed by atoms with van der Waals surface area (Å²) >= 11 is 0. The number of nitrogens with one attached hydrogen (secondary N) is 1. The fourth-order valence-corrected chi connectivity index (χ4v) is 5.10. The normalized spacial score (nSPS) is 18.8. The third-order valence-corrected chi connectivity index (χ3v) is 7.43. The first-order valence-electron chi connectivity index (χ1n) is 13.1. The first-order valence-corrected chi connectivity index (χ1v) is 13.1. The number of carbonyl (C=O) groups is 1. The maximum atomic E-state index is 14.8. The second kappa shape index (κ2) is 12.5. The van der Waals surface area contributed by atoms with Gasteiger partial charge in [0.2, 0.25) is 5.91 Å². The van der Waals surface area contributed by atoms with Crippen molar-refractivity contribution in [3.63, 3.8) is 0 Å². The van der Waals surface area contributed by atoms with Crippen LogP contribution in [0.4, 0.5) is 4.39 Å². The number of aromatic nitrogens is 1. The molecule has 1 saturated carbocycles. The van der Waals surface area contributed by atoms with Crippen molar-refractivity contribution in [1.82, 2.24) is 20.1 Å². The molecular weight excluding hydrogens is 443 g/mol. The second-order valence-corrected chi connectivity index (χ2v) is 10.1. The van der Waals surface area contributed by atoms with Gasteiger partial charge in [-0.2, -0.15) is 0 Å². The number of likely N-dealkylation sites (N-methyl/N-ethyl adjacent to an activating group) is 1. The summed E-state index contributed by atoms with van der Waals surface area (Å²) in [6, 6.07) is 9.02. The molecule has 0 unspecified atom stereocenters. The van der Waals surface area contributed by atoms with Gasteiger partial charge in [0.15, 0.2) is 5.82 Å². The number of hydrogen-bond donors (Lipinski definition) is 1. The number of hydrogen-bond acceptors (Lipinski definition) is 5. The van der Waals surface area contributed by atoms with E-state index in [-0.39, 0.29) is 11.9 Å². The third-order valence-electron chi connectivity index (χ3n) is 7.43. The van der Waals surface area contributed by atoms with E-state index in [2.05, 4.69) is 34.1 Å². The van der Waals surface area contributed by atoms with E-state index in [4.69, 9.17) is 4.74 Å². The Morgan fingerprint density at radius 2 is 1.86 bits per heavy atom. The van der Waals surface area contributed by atoms with Crippen LogP contribution in [0, 0.1) is 11.7 Å². The average molecular weight is 483 g/mol. The standard InChI is InChI=1S/C28H39FN4O2/c1-21(23-6-4-3-5-7-23)31-27(34)18-22-8-10-24(11-9-22)28-26(29)19-25(20-30-28)35-17-16-33-14-12-32(2)13-15-33/h8-11,19-21,23H,3-7,12-18H2,1-2H3,(H,31,34)/t21-/m1/s1. The number of pyridine rings is 1. The predicted octanol–water partition coefficient (Wildman–Crippen LogP) is 4.14. The smallest absolute Gasteiger partial charge is 0.224 e. The van der Waals surface area contributed by atoms with Gasteiger partial charge >= 0.3 is 0 Å². The summed E-state index contributed by atoms with van der Waals surface area (Å²) < 4.78 is 20.5. The van der Waals surface area contributed by atoms with Gasteiger partial charge in [0, 0.05) is 50.4 Å². The quantitative estimate of drug-likeness (QED) is 0.582. The van der Waals surface area contributed by atoms with Crippen molar-refractivity contribution >= 4 is 5.91 Å². The molecule has 7 heteroatoms. The molecule has 1 saturated heterocycles.